The molecular weight excluding hydrogens is 232 g/mol. The number of carboxylic acid groups (broad SMARTS) is 1. The fraction of sp³-hybridized carbons (Fsp3) is 0.385. The zero-order chi connectivity index (χ0) is 13.1. The first-order valence-electron chi connectivity index (χ1n) is 5.93. The molecule has 0 bridgehead atoms. The minimum absolute atomic E-state index is 0.105. The Kier molecular flexibility index (Phi) is 3.62. The Hall–Kier alpha value is -1.88. The highest BCUT2D eigenvalue weighted by Crippen LogP contribution is 2.20. The molecular formula is C13H16N2O3. The Morgan fingerprint density at radius 1 is 1.33 bits per heavy atom. The van der Waals surface area contributed by atoms with Crippen LogP contribution in [0.2, 0.25) is 0 Å². The number of amides is 1. The SMILES string of the molecule is C[C@@H]1CNC[C@H]1C(=O)Nc1ccccc1C(=O)O. The molecule has 1 aromatic rings. The minimum Gasteiger partial charge on any atom is -0.478 e. The highest BCUT2D eigenvalue weighted by molar-refractivity contribution is 6.01. The van der Waals surface area contributed by atoms with Gasteiger partial charge in [0, 0.05) is 6.54 Å². The minimum atomic E-state index is -1.04. The maximum absolute atomic E-state index is 12.1. The van der Waals surface area contributed by atoms with Crippen molar-refractivity contribution in [2.75, 3.05) is 18.4 Å². The Morgan fingerprint density at radius 2 is 2.06 bits per heavy atom. The number of hydrogen-bond donors (Lipinski definition) is 3. The second kappa shape index (κ2) is 5.18. The molecule has 96 valence electrons. The lowest BCUT2D eigenvalue weighted by molar-refractivity contribution is -0.120. The highest BCUT2D eigenvalue weighted by atomic mass is 16.4. The maximum atomic E-state index is 12.1. The number of carbonyl (C=O) groups is 2. The quantitative estimate of drug-likeness (QED) is 0.750. The van der Waals surface area contributed by atoms with Gasteiger partial charge in [-0.15, -0.1) is 0 Å². The molecule has 5 heteroatoms. The van der Waals surface area contributed by atoms with Gasteiger partial charge in [0.05, 0.1) is 17.2 Å². The van der Waals surface area contributed by atoms with Crippen LogP contribution in [-0.4, -0.2) is 30.1 Å². The summed E-state index contributed by atoms with van der Waals surface area (Å²) in [7, 11) is 0. The number of benzene rings is 1. The molecule has 0 aliphatic carbocycles. The van der Waals surface area contributed by atoms with E-state index in [1.807, 2.05) is 6.92 Å². The fourth-order valence-corrected chi connectivity index (χ4v) is 2.17. The summed E-state index contributed by atoms with van der Waals surface area (Å²) in [5.74, 6) is -1.00. The Labute approximate surface area is 105 Å². The largest absolute Gasteiger partial charge is 0.478 e. The van der Waals surface area contributed by atoms with Crippen LogP contribution < -0.4 is 10.6 Å². The first-order chi connectivity index (χ1) is 8.59. The summed E-state index contributed by atoms with van der Waals surface area (Å²) in [5, 5.41) is 14.9. The molecule has 0 unspecified atom stereocenters. The molecule has 1 saturated heterocycles. The van der Waals surface area contributed by atoms with Crippen LogP contribution in [0.5, 0.6) is 0 Å². The van der Waals surface area contributed by atoms with Crippen molar-refractivity contribution in [1.29, 1.82) is 0 Å². The first kappa shape index (κ1) is 12.6. The van der Waals surface area contributed by atoms with Gasteiger partial charge >= 0.3 is 5.97 Å². The van der Waals surface area contributed by atoms with Gasteiger partial charge in [-0.2, -0.15) is 0 Å². The molecule has 0 radical (unpaired) electrons. The molecule has 1 heterocycles. The van der Waals surface area contributed by atoms with E-state index >= 15 is 0 Å². The van der Waals surface area contributed by atoms with Crippen molar-refractivity contribution in [3.8, 4) is 0 Å². The summed E-state index contributed by atoms with van der Waals surface area (Å²) < 4.78 is 0. The van der Waals surface area contributed by atoms with E-state index in [0.29, 0.717) is 12.2 Å². The van der Waals surface area contributed by atoms with Crippen molar-refractivity contribution in [3.63, 3.8) is 0 Å². The van der Waals surface area contributed by atoms with E-state index in [2.05, 4.69) is 10.6 Å². The summed E-state index contributed by atoms with van der Waals surface area (Å²) in [6.45, 7) is 3.47. The van der Waals surface area contributed by atoms with E-state index in [9.17, 15) is 9.59 Å². The van der Waals surface area contributed by atoms with Gasteiger partial charge in [0.2, 0.25) is 5.91 Å². The van der Waals surface area contributed by atoms with Gasteiger partial charge in [0.15, 0.2) is 0 Å². The standard InChI is InChI=1S/C13H16N2O3/c1-8-6-14-7-10(8)12(16)15-11-5-3-2-4-9(11)13(17)18/h2-5,8,10,14H,6-7H2,1H3,(H,15,16)(H,17,18)/t8-,10-/m1/s1. The van der Waals surface area contributed by atoms with Gasteiger partial charge in [-0.1, -0.05) is 19.1 Å². The molecule has 3 N–H and O–H groups in total. The van der Waals surface area contributed by atoms with Crippen LogP contribution in [0.4, 0.5) is 5.69 Å². The van der Waals surface area contributed by atoms with E-state index in [4.69, 9.17) is 5.11 Å². The molecule has 0 aromatic heterocycles. The van der Waals surface area contributed by atoms with Gasteiger partial charge in [-0.25, -0.2) is 4.79 Å². The molecule has 1 aliphatic heterocycles. The number of rotatable bonds is 3. The number of aromatic carboxylic acids is 1. The van der Waals surface area contributed by atoms with Crippen molar-refractivity contribution < 1.29 is 14.7 Å². The van der Waals surface area contributed by atoms with Crippen LogP contribution >= 0.6 is 0 Å². The van der Waals surface area contributed by atoms with Crippen LogP contribution in [0.1, 0.15) is 17.3 Å². The van der Waals surface area contributed by atoms with Gasteiger partial charge in [-0.05, 0) is 24.6 Å². The van der Waals surface area contributed by atoms with E-state index < -0.39 is 5.97 Å². The average molecular weight is 248 g/mol. The van der Waals surface area contributed by atoms with Crippen molar-refractivity contribution >= 4 is 17.6 Å². The monoisotopic (exact) mass is 248 g/mol. The van der Waals surface area contributed by atoms with E-state index in [1.54, 1.807) is 18.2 Å². The van der Waals surface area contributed by atoms with Crippen LogP contribution in [0, 0.1) is 11.8 Å². The topological polar surface area (TPSA) is 78.4 Å². The first-order valence-corrected chi connectivity index (χ1v) is 5.93. The van der Waals surface area contributed by atoms with Crippen LogP contribution in [0.15, 0.2) is 24.3 Å². The third-order valence-electron chi connectivity index (χ3n) is 3.27. The number of carbonyl (C=O) groups excluding carboxylic acids is 1. The molecule has 5 nitrogen and oxygen atoms in total. The number of nitrogens with one attached hydrogen (secondary N) is 2. The van der Waals surface area contributed by atoms with Crippen molar-refractivity contribution in [1.82, 2.24) is 5.32 Å². The number of anilines is 1. The summed E-state index contributed by atoms with van der Waals surface area (Å²) in [6, 6.07) is 6.43. The van der Waals surface area contributed by atoms with Crippen molar-refractivity contribution in [2.45, 2.75) is 6.92 Å². The van der Waals surface area contributed by atoms with Crippen LogP contribution in [-0.2, 0) is 4.79 Å². The Bertz CT molecular complexity index is 473. The summed E-state index contributed by atoms with van der Waals surface area (Å²) in [5.41, 5.74) is 0.471. The van der Waals surface area contributed by atoms with E-state index in [1.165, 1.54) is 6.07 Å². The predicted octanol–water partition coefficient (Wildman–Crippen LogP) is 1.18. The van der Waals surface area contributed by atoms with Gasteiger partial charge in [-0.3, -0.25) is 4.79 Å². The number of hydrogen-bond acceptors (Lipinski definition) is 3. The van der Waals surface area contributed by atoms with Gasteiger partial charge < -0.3 is 15.7 Å². The molecule has 18 heavy (non-hydrogen) atoms. The molecule has 1 amide bonds. The molecule has 0 spiro atoms. The molecule has 0 saturated carbocycles. The Morgan fingerprint density at radius 3 is 2.67 bits per heavy atom. The lowest BCUT2D eigenvalue weighted by Crippen LogP contribution is -2.28. The molecule has 1 fully saturated rings. The zero-order valence-electron chi connectivity index (χ0n) is 10.1. The van der Waals surface area contributed by atoms with E-state index in [-0.39, 0.29) is 23.3 Å². The van der Waals surface area contributed by atoms with E-state index in [0.717, 1.165) is 6.54 Å². The molecule has 1 aromatic carbocycles. The number of carboxylic acids is 1. The molecule has 1 aliphatic rings. The maximum Gasteiger partial charge on any atom is 0.337 e. The summed E-state index contributed by atoms with van der Waals surface area (Å²) in [4.78, 5) is 23.1. The van der Waals surface area contributed by atoms with Crippen LogP contribution in [0.3, 0.4) is 0 Å². The summed E-state index contributed by atoms with van der Waals surface area (Å²) >= 11 is 0. The number of para-hydroxylation sites is 1. The average Bonchev–Trinajstić information content (AvgIpc) is 2.76. The second-order valence-electron chi connectivity index (χ2n) is 4.58. The van der Waals surface area contributed by atoms with Gasteiger partial charge in [0.25, 0.3) is 0 Å². The Balaban J connectivity index is 2.14. The van der Waals surface area contributed by atoms with Gasteiger partial charge in [0.1, 0.15) is 0 Å². The summed E-state index contributed by atoms with van der Waals surface area (Å²) in [6.07, 6.45) is 0. The lowest BCUT2D eigenvalue weighted by Gasteiger charge is -2.15. The second-order valence-corrected chi connectivity index (χ2v) is 4.58. The molecule has 2 rings (SSSR count). The highest BCUT2D eigenvalue weighted by Gasteiger charge is 2.30. The third kappa shape index (κ3) is 2.51. The zero-order valence-corrected chi connectivity index (χ0v) is 10.1. The van der Waals surface area contributed by atoms with Crippen molar-refractivity contribution in [3.05, 3.63) is 29.8 Å². The molecule has 2 atom stereocenters. The third-order valence-corrected chi connectivity index (χ3v) is 3.27. The van der Waals surface area contributed by atoms with Crippen molar-refractivity contribution in [2.24, 2.45) is 11.8 Å². The predicted molar refractivity (Wildman–Crippen MR) is 67.6 cm³/mol. The smallest absolute Gasteiger partial charge is 0.337 e. The fourth-order valence-electron chi connectivity index (χ4n) is 2.17. The normalized spacial score (nSPS) is 22.7. The van der Waals surface area contributed by atoms with Crippen LogP contribution in [0.25, 0.3) is 0 Å². The lowest BCUT2D eigenvalue weighted by atomic mass is 9.97.